The van der Waals surface area contributed by atoms with Crippen LogP contribution in [0.1, 0.15) is 41.5 Å². The molecule has 0 aliphatic carbocycles. The summed E-state index contributed by atoms with van der Waals surface area (Å²) in [7, 11) is 0. The number of alkyl halides is 3. The third kappa shape index (κ3) is 6.73. The predicted molar refractivity (Wildman–Crippen MR) is 148 cm³/mol. The average Bonchev–Trinajstić information content (AvgIpc) is 3.35. The van der Waals surface area contributed by atoms with Crippen molar-refractivity contribution >= 4 is 22.9 Å². The van der Waals surface area contributed by atoms with Crippen molar-refractivity contribution in [2.24, 2.45) is 0 Å². The van der Waals surface area contributed by atoms with E-state index in [1.165, 1.54) is 42.6 Å². The monoisotopic (exact) mass is 583 g/mol. The van der Waals surface area contributed by atoms with Crippen molar-refractivity contribution in [3.05, 3.63) is 93.9 Å². The Balaban J connectivity index is 1.13. The van der Waals surface area contributed by atoms with Crippen LogP contribution >= 0.6 is 0 Å². The van der Waals surface area contributed by atoms with Crippen LogP contribution < -0.4 is 19.7 Å². The number of nitro groups is 1. The zero-order valence-corrected chi connectivity index (χ0v) is 22.6. The molecule has 1 fully saturated rings. The summed E-state index contributed by atoms with van der Waals surface area (Å²) in [5.41, 5.74) is 3.11. The van der Waals surface area contributed by atoms with Gasteiger partial charge < -0.3 is 19.7 Å². The normalized spacial score (nSPS) is 14.1. The van der Waals surface area contributed by atoms with E-state index in [0.717, 1.165) is 37.2 Å². The van der Waals surface area contributed by atoms with E-state index in [0.29, 0.717) is 35.8 Å². The van der Waals surface area contributed by atoms with Gasteiger partial charge in [0.05, 0.1) is 16.7 Å². The summed E-state index contributed by atoms with van der Waals surface area (Å²) in [5.74, 6) is -0.116. The molecule has 1 aliphatic heterocycles. The average molecular weight is 584 g/mol. The molecule has 4 aromatic rings. The van der Waals surface area contributed by atoms with Gasteiger partial charge >= 0.3 is 6.36 Å². The fourth-order valence-electron chi connectivity index (χ4n) is 4.92. The number of amides is 1. The minimum Gasteiger partial charge on any atom is -0.490 e. The number of hydrogen-bond donors (Lipinski definition) is 1. The van der Waals surface area contributed by atoms with E-state index < -0.39 is 11.3 Å². The molecule has 2 aromatic heterocycles. The topological polar surface area (TPSA) is 111 Å². The van der Waals surface area contributed by atoms with Gasteiger partial charge in [-0.25, -0.2) is 4.98 Å². The molecule has 10 nitrogen and oxygen atoms in total. The Labute approximate surface area is 238 Å². The van der Waals surface area contributed by atoms with Gasteiger partial charge in [0.1, 0.15) is 28.9 Å². The van der Waals surface area contributed by atoms with Crippen molar-refractivity contribution in [2.75, 3.05) is 18.0 Å². The second-order valence-electron chi connectivity index (χ2n) is 9.80. The van der Waals surface area contributed by atoms with Crippen molar-refractivity contribution in [3.63, 3.8) is 0 Å². The number of nitrogens with one attached hydrogen (secondary N) is 1. The first-order chi connectivity index (χ1) is 20.1. The van der Waals surface area contributed by atoms with E-state index in [1.807, 2.05) is 31.2 Å². The smallest absolute Gasteiger partial charge is 0.490 e. The third-order valence-corrected chi connectivity index (χ3v) is 7.00. The number of rotatable bonds is 9. The van der Waals surface area contributed by atoms with Crippen LogP contribution in [0.3, 0.4) is 0 Å². The number of aryl methyl sites for hydroxylation is 1. The van der Waals surface area contributed by atoms with Crippen molar-refractivity contribution < 1.29 is 32.4 Å². The summed E-state index contributed by atoms with van der Waals surface area (Å²) in [6, 6.07) is 16.0. The SMILES string of the molecule is CCc1nc2cc([N+](=O)[O-])ccn2c1C(=O)NCc1ccc(N2CCC(Oc3ccc(OC(F)(F)F)cc3)CC2)cc1. The molecule has 0 spiro atoms. The number of benzene rings is 2. The lowest BCUT2D eigenvalue weighted by Crippen LogP contribution is -2.38. The first-order valence-corrected chi connectivity index (χ1v) is 13.4. The summed E-state index contributed by atoms with van der Waals surface area (Å²) in [6.45, 7) is 3.67. The van der Waals surface area contributed by atoms with Gasteiger partial charge in [-0.2, -0.15) is 0 Å². The Morgan fingerprint density at radius 3 is 2.36 bits per heavy atom. The van der Waals surface area contributed by atoms with Gasteiger partial charge in [-0.1, -0.05) is 19.1 Å². The number of pyridine rings is 1. The van der Waals surface area contributed by atoms with Gasteiger partial charge in [0, 0.05) is 50.4 Å². The molecule has 2 aromatic carbocycles. The highest BCUT2D eigenvalue weighted by Gasteiger charge is 2.31. The van der Waals surface area contributed by atoms with Gasteiger partial charge in [0.25, 0.3) is 11.6 Å². The molecule has 3 heterocycles. The summed E-state index contributed by atoms with van der Waals surface area (Å²) >= 11 is 0. The lowest BCUT2D eigenvalue weighted by Gasteiger charge is -2.33. The van der Waals surface area contributed by atoms with Crippen LogP contribution in [0.5, 0.6) is 11.5 Å². The van der Waals surface area contributed by atoms with Crippen LogP contribution in [0.25, 0.3) is 5.65 Å². The number of carbonyl (C=O) groups excluding carboxylic acids is 1. The number of carbonyl (C=O) groups is 1. The summed E-state index contributed by atoms with van der Waals surface area (Å²) in [5, 5.41) is 14.0. The third-order valence-electron chi connectivity index (χ3n) is 7.00. The van der Waals surface area contributed by atoms with E-state index >= 15 is 0 Å². The maximum Gasteiger partial charge on any atom is 0.573 e. The predicted octanol–water partition coefficient (Wildman–Crippen LogP) is 5.68. The van der Waals surface area contributed by atoms with Gasteiger partial charge in [-0.15, -0.1) is 13.2 Å². The fourth-order valence-corrected chi connectivity index (χ4v) is 4.92. The number of nitrogens with zero attached hydrogens (tertiary/aromatic N) is 4. The van der Waals surface area contributed by atoms with Crippen molar-refractivity contribution in [3.8, 4) is 11.5 Å². The molecule has 1 amide bonds. The molecule has 1 saturated heterocycles. The second kappa shape index (κ2) is 12.0. The molecule has 220 valence electrons. The number of fused-ring (bicyclic) bond motifs is 1. The number of piperidine rings is 1. The summed E-state index contributed by atoms with van der Waals surface area (Å²) in [4.78, 5) is 30.3. The van der Waals surface area contributed by atoms with Crippen LogP contribution in [0.15, 0.2) is 66.9 Å². The molecule has 0 bridgehead atoms. The lowest BCUT2D eigenvalue weighted by atomic mass is 10.1. The molecule has 42 heavy (non-hydrogen) atoms. The van der Waals surface area contributed by atoms with Gasteiger partial charge in [-0.05, 0) is 48.4 Å². The molecule has 1 aliphatic rings. The quantitative estimate of drug-likeness (QED) is 0.199. The van der Waals surface area contributed by atoms with Crippen LogP contribution in [-0.2, 0) is 13.0 Å². The Morgan fingerprint density at radius 2 is 1.74 bits per heavy atom. The van der Waals surface area contributed by atoms with Crippen molar-refractivity contribution in [1.82, 2.24) is 14.7 Å². The molecule has 1 N–H and O–H groups in total. The number of aromatic nitrogens is 2. The lowest BCUT2D eigenvalue weighted by molar-refractivity contribution is -0.384. The Kier molecular flexibility index (Phi) is 8.18. The van der Waals surface area contributed by atoms with Gasteiger partial charge in [-0.3, -0.25) is 19.3 Å². The molecular weight excluding hydrogens is 555 g/mol. The molecular formula is C29H28F3N5O5. The van der Waals surface area contributed by atoms with Crippen molar-refractivity contribution in [1.29, 1.82) is 0 Å². The minimum absolute atomic E-state index is 0.0519. The Morgan fingerprint density at radius 1 is 1.07 bits per heavy atom. The molecule has 0 unspecified atom stereocenters. The number of hydrogen-bond acceptors (Lipinski definition) is 7. The molecule has 5 rings (SSSR count). The summed E-state index contributed by atoms with van der Waals surface area (Å²) in [6.07, 6.45) is -1.30. The standard InChI is InChI=1S/C29H28F3N5O5/c1-2-25-27(36-16-11-21(37(39)40)17-26(36)34-25)28(38)33-18-19-3-5-20(6-4-19)35-14-12-23(13-15-35)41-22-7-9-24(10-8-22)42-29(30,31)32/h3-11,16-17,23H,2,12-15,18H2,1H3,(H,33,38). The van der Waals surface area contributed by atoms with Crippen LogP contribution in [0.2, 0.25) is 0 Å². The van der Waals surface area contributed by atoms with E-state index in [2.05, 4.69) is 19.9 Å². The number of anilines is 1. The largest absolute Gasteiger partial charge is 0.573 e. The van der Waals surface area contributed by atoms with E-state index in [9.17, 15) is 28.1 Å². The van der Waals surface area contributed by atoms with E-state index in [1.54, 1.807) is 4.40 Å². The first-order valence-electron chi connectivity index (χ1n) is 13.4. The Bertz CT molecular complexity index is 1560. The second-order valence-corrected chi connectivity index (χ2v) is 9.80. The maximum absolute atomic E-state index is 13.1. The van der Waals surface area contributed by atoms with Crippen molar-refractivity contribution in [2.45, 2.75) is 45.2 Å². The highest BCUT2D eigenvalue weighted by molar-refractivity contribution is 5.94. The van der Waals surface area contributed by atoms with Crippen LogP contribution in [0, 0.1) is 10.1 Å². The minimum atomic E-state index is -4.73. The number of ether oxygens (including phenoxy) is 2. The van der Waals surface area contributed by atoms with Gasteiger partial charge in [0.15, 0.2) is 0 Å². The highest BCUT2D eigenvalue weighted by atomic mass is 19.4. The molecule has 0 radical (unpaired) electrons. The number of halogens is 3. The number of imidazole rings is 1. The molecule has 0 saturated carbocycles. The zero-order chi connectivity index (χ0) is 29.9. The summed E-state index contributed by atoms with van der Waals surface area (Å²) < 4.78 is 48.4. The Hall–Kier alpha value is -4.81. The van der Waals surface area contributed by atoms with Crippen LogP contribution in [0.4, 0.5) is 24.5 Å². The maximum atomic E-state index is 13.1. The van der Waals surface area contributed by atoms with E-state index in [4.69, 9.17) is 4.74 Å². The van der Waals surface area contributed by atoms with Crippen LogP contribution in [-0.4, -0.2) is 45.8 Å². The zero-order valence-electron chi connectivity index (χ0n) is 22.6. The first kappa shape index (κ1) is 28.7. The van der Waals surface area contributed by atoms with E-state index in [-0.39, 0.29) is 23.4 Å². The molecule has 0 atom stereocenters. The highest BCUT2D eigenvalue weighted by Crippen LogP contribution is 2.27. The van der Waals surface area contributed by atoms with Gasteiger partial charge in [0.2, 0.25) is 0 Å². The molecule has 13 heteroatoms. The fraction of sp³-hybridized carbons (Fsp3) is 0.310.